The predicted octanol–water partition coefficient (Wildman–Crippen LogP) is 2.62. The van der Waals surface area contributed by atoms with Crippen LogP contribution in [0, 0.1) is 25.7 Å². The van der Waals surface area contributed by atoms with Crippen molar-refractivity contribution in [2.24, 2.45) is 17.7 Å². The van der Waals surface area contributed by atoms with Gasteiger partial charge in [0, 0.05) is 12.1 Å². The average molecular weight is 263 g/mol. The highest BCUT2D eigenvalue weighted by atomic mass is 15.3. The molecule has 4 N–H and O–H groups in total. The largest absolute Gasteiger partial charge is 0.369 e. The SMILES string of the molecule is Cc1nc(NN)c(C)c(NCC2CCC(C)CC2)n1. The van der Waals surface area contributed by atoms with Crippen molar-refractivity contribution in [3.63, 3.8) is 0 Å². The third kappa shape index (κ3) is 3.56. The van der Waals surface area contributed by atoms with Crippen molar-refractivity contribution < 1.29 is 0 Å². The van der Waals surface area contributed by atoms with Gasteiger partial charge in [-0.2, -0.15) is 0 Å². The smallest absolute Gasteiger partial charge is 0.148 e. The van der Waals surface area contributed by atoms with Crippen LogP contribution in [0.2, 0.25) is 0 Å². The Kier molecular flexibility index (Phi) is 4.58. The van der Waals surface area contributed by atoms with E-state index in [4.69, 9.17) is 5.84 Å². The highest BCUT2D eigenvalue weighted by molar-refractivity contribution is 5.56. The fourth-order valence-electron chi connectivity index (χ4n) is 2.72. The van der Waals surface area contributed by atoms with Crippen LogP contribution in [0.25, 0.3) is 0 Å². The lowest BCUT2D eigenvalue weighted by Gasteiger charge is -2.26. The molecule has 2 rings (SSSR count). The van der Waals surface area contributed by atoms with Crippen LogP contribution in [0.5, 0.6) is 0 Å². The van der Waals surface area contributed by atoms with E-state index < -0.39 is 0 Å². The summed E-state index contributed by atoms with van der Waals surface area (Å²) in [6.45, 7) is 7.21. The number of nitrogens with two attached hydrogens (primary N) is 1. The zero-order chi connectivity index (χ0) is 13.8. The molecule has 0 aliphatic heterocycles. The summed E-state index contributed by atoms with van der Waals surface area (Å²) in [5.41, 5.74) is 3.61. The quantitative estimate of drug-likeness (QED) is 0.575. The molecule has 0 atom stereocenters. The van der Waals surface area contributed by atoms with Crippen LogP contribution in [-0.2, 0) is 0 Å². The van der Waals surface area contributed by atoms with Gasteiger partial charge in [0.15, 0.2) is 0 Å². The molecule has 0 saturated heterocycles. The second kappa shape index (κ2) is 6.19. The summed E-state index contributed by atoms with van der Waals surface area (Å²) in [6.07, 6.45) is 5.34. The summed E-state index contributed by atoms with van der Waals surface area (Å²) in [6, 6.07) is 0. The van der Waals surface area contributed by atoms with Crippen LogP contribution >= 0.6 is 0 Å². The lowest BCUT2D eigenvalue weighted by Crippen LogP contribution is -2.21. The lowest BCUT2D eigenvalue weighted by atomic mass is 9.83. The molecule has 1 aromatic rings. The number of hydrazine groups is 1. The third-order valence-corrected chi connectivity index (χ3v) is 4.09. The standard InChI is InChI=1S/C14H25N5/c1-9-4-6-12(7-5-9)8-16-13-10(2)14(19-15)18-11(3)17-13/h9,12H,4-8,15H2,1-3H3,(H2,16,17,18,19). The van der Waals surface area contributed by atoms with E-state index in [9.17, 15) is 0 Å². The van der Waals surface area contributed by atoms with Crippen molar-refractivity contribution in [1.29, 1.82) is 0 Å². The van der Waals surface area contributed by atoms with Gasteiger partial charge in [-0.25, -0.2) is 15.8 Å². The Morgan fingerprint density at radius 2 is 1.74 bits per heavy atom. The molecule has 1 fully saturated rings. The monoisotopic (exact) mass is 263 g/mol. The van der Waals surface area contributed by atoms with Crippen LogP contribution in [0.1, 0.15) is 44.0 Å². The lowest BCUT2D eigenvalue weighted by molar-refractivity contribution is 0.300. The van der Waals surface area contributed by atoms with E-state index >= 15 is 0 Å². The second-order valence-electron chi connectivity index (χ2n) is 5.74. The minimum absolute atomic E-state index is 0.701. The van der Waals surface area contributed by atoms with Crippen LogP contribution in [0.3, 0.4) is 0 Å². The highest BCUT2D eigenvalue weighted by Crippen LogP contribution is 2.29. The van der Waals surface area contributed by atoms with E-state index in [0.717, 1.165) is 35.6 Å². The summed E-state index contributed by atoms with van der Waals surface area (Å²) >= 11 is 0. The van der Waals surface area contributed by atoms with Gasteiger partial charge >= 0.3 is 0 Å². The van der Waals surface area contributed by atoms with Crippen molar-refractivity contribution in [2.45, 2.75) is 46.5 Å². The number of nitrogens with one attached hydrogen (secondary N) is 2. The van der Waals surface area contributed by atoms with Crippen LogP contribution in [-0.4, -0.2) is 16.5 Å². The Hall–Kier alpha value is -1.36. The molecule has 0 unspecified atom stereocenters. The first kappa shape index (κ1) is 14.1. The molecule has 1 aliphatic carbocycles. The molecular formula is C14H25N5. The van der Waals surface area contributed by atoms with E-state index in [-0.39, 0.29) is 0 Å². The number of hydrogen-bond acceptors (Lipinski definition) is 5. The van der Waals surface area contributed by atoms with Gasteiger partial charge in [-0.1, -0.05) is 19.8 Å². The van der Waals surface area contributed by atoms with Gasteiger partial charge in [0.25, 0.3) is 0 Å². The number of rotatable bonds is 4. The molecule has 19 heavy (non-hydrogen) atoms. The van der Waals surface area contributed by atoms with Gasteiger partial charge in [-0.05, 0) is 38.5 Å². The molecule has 1 aromatic heterocycles. The van der Waals surface area contributed by atoms with Crippen molar-refractivity contribution in [1.82, 2.24) is 9.97 Å². The number of anilines is 2. The maximum atomic E-state index is 5.47. The molecule has 0 aromatic carbocycles. The maximum Gasteiger partial charge on any atom is 0.148 e. The van der Waals surface area contributed by atoms with Gasteiger partial charge in [0.1, 0.15) is 17.5 Å². The Labute approximate surface area is 115 Å². The number of nitrogen functional groups attached to an aromatic ring is 1. The maximum absolute atomic E-state index is 5.47. The molecule has 1 saturated carbocycles. The molecule has 1 aliphatic rings. The number of aromatic nitrogens is 2. The van der Waals surface area contributed by atoms with Crippen LogP contribution in [0.15, 0.2) is 0 Å². The Morgan fingerprint density at radius 1 is 1.11 bits per heavy atom. The minimum atomic E-state index is 0.701. The first-order valence-corrected chi connectivity index (χ1v) is 7.16. The van der Waals surface area contributed by atoms with E-state index in [1.165, 1.54) is 25.7 Å². The molecule has 5 nitrogen and oxygen atoms in total. The van der Waals surface area contributed by atoms with Crippen molar-refractivity contribution >= 4 is 11.6 Å². The zero-order valence-corrected chi connectivity index (χ0v) is 12.2. The summed E-state index contributed by atoms with van der Waals surface area (Å²) in [5.74, 6) is 9.47. The first-order chi connectivity index (χ1) is 9.10. The van der Waals surface area contributed by atoms with Gasteiger partial charge in [-0.3, -0.25) is 0 Å². The summed E-state index contributed by atoms with van der Waals surface area (Å²) in [4.78, 5) is 8.73. The van der Waals surface area contributed by atoms with Crippen LogP contribution in [0.4, 0.5) is 11.6 Å². The van der Waals surface area contributed by atoms with E-state index in [1.54, 1.807) is 0 Å². The van der Waals surface area contributed by atoms with E-state index in [0.29, 0.717) is 5.82 Å². The molecule has 0 spiro atoms. The molecule has 0 radical (unpaired) electrons. The van der Waals surface area contributed by atoms with Gasteiger partial charge in [-0.15, -0.1) is 0 Å². The minimum Gasteiger partial charge on any atom is -0.369 e. The number of aryl methyl sites for hydroxylation is 1. The Balaban J connectivity index is 1.97. The molecule has 5 heteroatoms. The normalized spacial score (nSPS) is 23.2. The fraction of sp³-hybridized carbons (Fsp3) is 0.714. The topological polar surface area (TPSA) is 75.9 Å². The molecular weight excluding hydrogens is 238 g/mol. The van der Waals surface area contributed by atoms with Gasteiger partial charge in [0.05, 0.1) is 0 Å². The fourth-order valence-corrected chi connectivity index (χ4v) is 2.72. The zero-order valence-electron chi connectivity index (χ0n) is 12.2. The van der Waals surface area contributed by atoms with Crippen molar-refractivity contribution in [3.05, 3.63) is 11.4 Å². The van der Waals surface area contributed by atoms with Crippen LogP contribution < -0.4 is 16.6 Å². The summed E-state index contributed by atoms with van der Waals surface area (Å²) in [7, 11) is 0. The number of hydrogen-bond donors (Lipinski definition) is 3. The molecule has 0 amide bonds. The first-order valence-electron chi connectivity index (χ1n) is 7.16. The predicted molar refractivity (Wildman–Crippen MR) is 78.9 cm³/mol. The summed E-state index contributed by atoms with van der Waals surface area (Å²) in [5, 5.41) is 3.47. The summed E-state index contributed by atoms with van der Waals surface area (Å²) < 4.78 is 0. The van der Waals surface area contributed by atoms with Crippen molar-refractivity contribution in [2.75, 3.05) is 17.3 Å². The molecule has 0 bridgehead atoms. The Morgan fingerprint density at radius 3 is 2.37 bits per heavy atom. The third-order valence-electron chi connectivity index (χ3n) is 4.09. The second-order valence-corrected chi connectivity index (χ2v) is 5.74. The highest BCUT2D eigenvalue weighted by Gasteiger charge is 2.18. The van der Waals surface area contributed by atoms with Crippen molar-refractivity contribution in [3.8, 4) is 0 Å². The van der Waals surface area contributed by atoms with Gasteiger partial charge in [0.2, 0.25) is 0 Å². The van der Waals surface area contributed by atoms with E-state index in [2.05, 4.69) is 27.6 Å². The Bertz CT molecular complexity index is 424. The molecule has 1 heterocycles. The number of nitrogens with zero attached hydrogens (tertiary/aromatic N) is 2. The van der Waals surface area contributed by atoms with Gasteiger partial charge < -0.3 is 10.7 Å². The molecule has 106 valence electrons. The average Bonchev–Trinajstić information content (AvgIpc) is 2.41. The van der Waals surface area contributed by atoms with E-state index in [1.807, 2.05) is 13.8 Å².